The first-order valence-corrected chi connectivity index (χ1v) is 4.45. The van der Waals surface area contributed by atoms with Crippen molar-refractivity contribution in [1.82, 2.24) is 0 Å². The van der Waals surface area contributed by atoms with Gasteiger partial charge in [-0.05, 0) is 18.7 Å². The van der Waals surface area contributed by atoms with Crippen LogP contribution >= 0.6 is 0 Å². The Balaban J connectivity index is 3.03. The van der Waals surface area contributed by atoms with Crippen molar-refractivity contribution in [2.24, 2.45) is 0 Å². The molecule has 3 nitrogen and oxygen atoms in total. The summed E-state index contributed by atoms with van der Waals surface area (Å²) >= 11 is -2.68. The summed E-state index contributed by atoms with van der Waals surface area (Å²) in [5, 5.41) is 0. The Bertz CT molecular complexity index is 314. The average molecular weight is 200 g/mol. The fourth-order valence-electron chi connectivity index (χ4n) is 0.870. The van der Waals surface area contributed by atoms with Gasteiger partial charge in [0.2, 0.25) is 0 Å². The summed E-state index contributed by atoms with van der Waals surface area (Å²) in [5.41, 5.74) is 0.225. The van der Waals surface area contributed by atoms with Gasteiger partial charge in [-0.1, -0.05) is 18.2 Å². The first kappa shape index (κ1) is 9.88. The highest BCUT2D eigenvalue weighted by atomic mass is 32.2. The molecule has 0 aliphatic heterocycles. The van der Waals surface area contributed by atoms with Gasteiger partial charge in [-0.2, -0.15) is 4.39 Å². The molecular weight excluding hydrogens is 193 g/mol. The maximum atomic E-state index is 12.6. The summed E-state index contributed by atoms with van der Waals surface area (Å²) in [6, 6.07) is 7.87. The van der Waals surface area contributed by atoms with Crippen molar-refractivity contribution in [2.75, 3.05) is 4.31 Å². The van der Waals surface area contributed by atoms with Gasteiger partial charge in [0, 0.05) is 0 Å². The maximum Gasteiger partial charge on any atom is 0.197 e. The molecule has 5 heteroatoms. The molecule has 1 aromatic carbocycles. The molecule has 0 bridgehead atoms. The molecule has 1 unspecified atom stereocenters. The lowest BCUT2D eigenvalue weighted by atomic mass is 10.3. The van der Waals surface area contributed by atoms with Crippen molar-refractivity contribution in [3.8, 4) is 0 Å². The summed E-state index contributed by atoms with van der Waals surface area (Å²) in [6.07, 6.45) is 0. The lowest BCUT2D eigenvalue weighted by molar-refractivity contribution is 0.525. The number of hydrogen-bond donors (Lipinski definition) is 0. The number of anilines is 1. The van der Waals surface area contributed by atoms with E-state index in [1.807, 2.05) is 0 Å². The van der Waals surface area contributed by atoms with Crippen molar-refractivity contribution in [3.05, 3.63) is 42.9 Å². The predicted octanol–water partition coefficient (Wildman–Crippen LogP) is 1.73. The fourth-order valence-corrected chi connectivity index (χ4v) is 1.33. The number of halogens is 1. The summed E-state index contributed by atoms with van der Waals surface area (Å²) < 4.78 is 34.2. The molecule has 1 rings (SSSR count). The third kappa shape index (κ3) is 2.37. The highest BCUT2D eigenvalue weighted by molar-refractivity contribution is 7.80. The minimum Gasteiger partial charge on any atom is -0.755 e. The zero-order chi connectivity index (χ0) is 9.84. The molecule has 0 saturated heterocycles. The molecule has 0 heterocycles. The van der Waals surface area contributed by atoms with E-state index in [9.17, 15) is 13.2 Å². The van der Waals surface area contributed by atoms with Crippen molar-refractivity contribution < 1.29 is 13.2 Å². The van der Waals surface area contributed by atoms with Crippen molar-refractivity contribution >= 4 is 17.0 Å². The topological polar surface area (TPSA) is 43.4 Å². The Morgan fingerprint density at radius 2 is 2.00 bits per heavy atom. The third-order valence-corrected chi connectivity index (χ3v) is 2.07. The van der Waals surface area contributed by atoms with Gasteiger partial charge < -0.3 is 4.55 Å². The molecule has 0 amide bonds. The van der Waals surface area contributed by atoms with E-state index in [0.717, 1.165) is 0 Å². The van der Waals surface area contributed by atoms with E-state index in [1.54, 1.807) is 18.2 Å². The summed E-state index contributed by atoms with van der Waals surface area (Å²) in [5.74, 6) is -1.03. The predicted molar refractivity (Wildman–Crippen MR) is 48.1 cm³/mol. The van der Waals surface area contributed by atoms with Gasteiger partial charge in [-0.3, -0.25) is 4.21 Å². The van der Waals surface area contributed by atoms with Crippen LogP contribution in [0.15, 0.2) is 42.9 Å². The van der Waals surface area contributed by atoms with E-state index in [4.69, 9.17) is 0 Å². The van der Waals surface area contributed by atoms with E-state index in [2.05, 4.69) is 6.58 Å². The molecule has 70 valence electrons. The summed E-state index contributed by atoms with van der Waals surface area (Å²) in [4.78, 5) is 0. The van der Waals surface area contributed by atoms with Crippen LogP contribution in [0.5, 0.6) is 0 Å². The Kier molecular flexibility index (Phi) is 3.16. The maximum absolute atomic E-state index is 12.6. The largest absolute Gasteiger partial charge is 0.755 e. The number of rotatable bonds is 3. The molecule has 0 aliphatic carbocycles. The van der Waals surface area contributed by atoms with Gasteiger partial charge in [-0.15, -0.1) is 0 Å². The van der Waals surface area contributed by atoms with Crippen molar-refractivity contribution in [3.63, 3.8) is 0 Å². The van der Waals surface area contributed by atoms with Crippen LogP contribution in [-0.2, 0) is 11.3 Å². The van der Waals surface area contributed by atoms with Gasteiger partial charge >= 0.3 is 0 Å². The normalized spacial score (nSPS) is 12.2. The van der Waals surface area contributed by atoms with Crippen LogP contribution in [0.2, 0.25) is 0 Å². The highest BCUT2D eigenvalue weighted by Crippen LogP contribution is 2.19. The lowest BCUT2D eigenvalue weighted by Gasteiger charge is -2.23. The Morgan fingerprint density at radius 3 is 2.38 bits per heavy atom. The minimum atomic E-state index is -2.68. The van der Waals surface area contributed by atoms with Gasteiger partial charge in [0.15, 0.2) is 5.95 Å². The van der Waals surface area contributed by atoms with Crippen LogP contribution in [0.25, 0.3) is 0 Å². The monoisotopic (exact) mass is 200 g/mol. The van der Waals surface area contributed by atoms with E-state index in [-0.39, 0.29) is 5.69 Å². The number of benzene rings is 1. The molecule has 0 fully saturated rings. The van der Waals surface area contributed by atoms with E-state index >= 15 is 0 Å². The van der Waals surface area contributed by atoms with Gasteiger partial charge in [0.25, 0.3) is 0 Å². The molecule has 0 spiro atoms. The first-order chi connectivity index (χ1) is 6.13. The first-order valence-electron chi connectivity index (χ1n) is 3.42. The molecule has 1 aromatic rings. The Hall–Kier alpha value is -1.20. The van der Waals surface area contributed by atoms with Crippen LogP contribution in [-0.4, -0.2) is 8.76 Å². The quantitative estimate of drug-likeness (QED) is 0.551. The van der Waals surface area contributed by atoms with Crippen molar-refractivity contribution in [2.45, 2.75) is 0 Å². The highest BCUT2D eigenvalue weighted by Gasteiger charge is 2.09. The number of nitrogens with zero attached hydrogens (tertiary/aromatic N) is 1. The molecule has 0 radical (unpaired) electrons. The van der Waals surface area contributed by atoms with E-state index < -0.39 is 17.2 Å². The van der Waals surface area contributed by atoms with Gasteiger partial charge in [0.05, 0.1) is 17.0 Å². The smallest absolute Gasteiger partial charge is 0.197 e. The zero-order valence-corrected chi connectivity index (χ0v) is 7.46. The van der Waals surface area contributed by atoms with E-state index in [1.165, 1.54) is 12.1 Å². The van der Waals surface area contributed by atoms with Crippen LogP contribution in [0.4, 0.5) is 10.1 Å². The van der Waals surface area contributed by atoms with Crippen LogP contribution in [0.3, 0.4) is 0 Å². The summed E-state index contributed by atoms with van der Waals surface area (Å²) in [6.45, 7) is 2.92. The van der Waals surface area contributed by atoms with Crippen LogP contribution in [0, 0.1) is 0 Å². The molecule has 0 N–H and O–H groups in total. The lowest BCUT2D eigenvalue weighted by Crippen LogP contribution is -2.21. The second-order valence-electron chi connectivity index (χ2n) is 2.22. The average Bonchev–Trinajstić information content (AvgIpc) is 2.04. The molecule has 0 saturated carbocycles. The third-order valence-electron chi connectivity index (χ3n) is 1.36. The second kappa shape index (κ2) is 4.15. The zero-order valence-electron chi connectivity index (χ0n) is 6.64. The number of hydrogen-bond acceptors (Lipinski definition) is 2. The van der Waals surface area contributed by atoms with Crippen molar-refractivity contribution in [1.29, 1.82) is 0 Å². The molecule has 0 aliphatic rings. The Labute approximate surface area is 77.9 Å². The molecular formula is C8H7FNO2S-. The summed E-state index contributed by atoms with van der Waals surface area (Å²) in [7, 11) is 0. The SMILES string of the molecule is C=C(F)N(c1ccccc1)S(=O)[O-]. The number of para-hydroxylation sites is 1. The molecule has 1 atom stereocenters. The molecule has 0 aromatic heterocycles. The Morgan fingerprint density at radius 1 is 1.46 bits per heavy atom. The van der Waals surface area contributed by atoms with Gasteiger partial charge in [0.1, 0.15) is 0 Å². The van der Waals surface area contributed by atoms with E-state index in [0.29, 0.717) is 4.31 Å². The fraction of sp³-hybridized carbons (Fsp3) is 0. The minimum absolute atomic E-state index is 0.225. The standard InChI is InChI=1S/C8H8FNO2S/c1-7(9)10(13(11)12)8-5-3-2-4-6-8/h2-6H,1H2,(H,11,12)/p-1. The molecule has 13 heavy (non-hydrogen) atoms. The van der Waals surface area contributed by atoms with Crippen LogP contribution < -0.4 is 4.31 Å². The van der Waals surface area contributed by atoms with Crippen LogP contribution in [0.1, 0.15) is 0 Å². The van der Waals surface area contributed by atoms with Gasteiger partial charge in [-0.25, -0.2) is 4.31 Å². The second-order valence-corrected chi connectivity index (χ2v) is 3.02.